The molecule has 0 N–H and O–H groups in total. The number of anilines is 3. The zero-order chi connectivity index (χ0) is 39.1. The van der Waals surface area contributed by atoms with Crippen LogP contribution in [0.1, 0.15) is 25.0 Å². The number of rotatable bonds is 8. The topological polar surface area (TPSA) is 3.24 Å². The molecule has 0 unspecified atom stereocenters. The molecule has 0 aliphatic heterocycles. The number of benzene rings is 9. The average Bonchev–Trinajstić information content (AvgIpc) is 3.53. The van der Waals surface area contributed by atoms with E-state index in [-0.39, 0.29) is 5.41 Å². The SMILES string of the molecule is CC1(C)c2ccccc2-c2ccc(-c3cccc(-c4cccc(N(c5ccc(-c6ccccc6)cc5)c5ccc(-c6ccccc6)cc5-c5ccccc5)c4)c3)cc21. The van der Waals surface area contributed by atoms with Gasteiger partial charge in [-0.25, -0.2) is 0 Å². The average molecular weight is 742 g/mol. The second kappa shape index (κ2) is 14.7. The molecule has 0 spiro atoms. The highest BCUT2D eigenvalue weighted by Gasteiger charge is 2.35. The predicted molar refractivity (Wildman–Crippen MR) is 246 cm³/mol. The molecule has 1 nitrogen and oxygen atoms in total. The summed E-state index contributed by atoms with van der Waals surface area (Å²) in [4.78, 5) is 2.42. The van der Waals surface area contributed by atoms with Gasteiger partial charge in [-0.2, -0.15) is 0 Å². The Hall–Kier alpha value is -7.22. The second-order valence-corrected chi connectivity index (χ2v) is 15.8. The summed E-state index contributed by atoms with van der Waals surface area (Å²) in [5, 5.41) is 0. The highest BCUT2D eigenvalue weighted by atomic mass is 15.1. The highest BCUT2D eigenvalue weighted by Crippen LogP contribution is 2.50. The summed E-state index contributed by atoms with van der Waals surface area (Å²) in [6, 6.07) is 81.8. The van der Waals surface area contributed by atoms with Gasteiger partial charge in [-0.3, -0.25) is 0 Å². The summed E-state index contributed by atoms with van der Waals surface area (Å²) >= 11 is 0. The molecule has 0 aromatic heterocycles. The van der Waals surface area contributed by atoms with Crippen LogP contribution in [-0.4, -0.2) is 0 Å². The van der Waals surface area contributed by atoms with Crippen LogP contribution in [0.25, 0.3) is 66.8 Å². The van der Waals surface area contributed by atoms with E-state index in [4.69, 9.17) is 0 Å². The summed E-state index contributed by atoms with van der Waals surface area (Å²) in [5.41, 5.74) is 20.7. The molecular formula is C57H43N. The van der Waals surface area contributed by atoms with Gasteiger partial charge in [0.15, 0.2) is 0 Å². The fourth-order valence-electron chi connectivity index (χ4n) is 8.84. The van der Waals surface area contributed by atoms with Crippen LogP contribution in [0.4, 0.5) is 17.1 Å². The molecule has 1 aliphatic rings. The van der Waals surface area contributed by atoms with Crippen molar-refractivity contribution < 1.29 is 0 Å². The summed E-state index contributed by atoms with van der Waals surface area (Å²) in [7, 11) is 0. The lowest BCUT2D eigenvalue weighted by atomic mass is 9.81. The van der Waals surface area contributed by atoms with Crippen LogP contribution in [-0.2, 0) is 5.41 Å². The van der Waals surface area contributed by atoms with E-state index in [1.165, 1.54) is 77.9 Å². The van der Waals surface area contributed by atoms with Crippen LogP contribution in [0.3, 0.4) is 0 Å². The maximum atomic E-state index is 2.42. The monoisotopic (exact) mass is 741 g/mol. The third-order valence-corrected chi connectivity index (χ3v) is 11.9. The van der Waals surface area contributed by atoms with Crippen molar-refractivity contribution in [2.45, 2.75) is 19.3 Å². The molecule has 0 saturated heterocycles. The third-order valence-electron chi connectivity index (χ3n) is 11.9. The standard InChI is InChI=1S/C57H43N/c1-57(2)54-27-13-12-26-51(54)52-34-30-48(39-55(52)57)45-23-14-22-44(36-45)46-24-15-25-50(37-46)58(49-32-28-42(29-33-49)40-16-6-3-7-17-40)56-35-31-47(41-18-8-4-9-19-41)38-53(56)43-20-10-5-11-21-43/h3-39H,1-2H3. The van der Waals surface area contributed by atoms with Crippen molar-refractivity contribution in [1.29, 1.82) is 0 Å². The Kier molecular flexibility index (Phi) is 8.92. The molecule has 0 bridgehead atoms. The summed E-state index contributed by atoms with van der Waals surface area (Å²) < 4.78 is 0. The van der Waals surface area contributed by atoms with E-state index in [9.17, 15) is 0 Å². The van der Waals surface area contributed by atoms with E-state index in [1.54, 1.807) is 0 Å². The van der Waals surface area contributed by atoms with E-state index >= 15 is 0 Å². The van der Waals surface area contributed by atoms with Crippen molar-refractivity contribution in [3.8, 4) is 66.8 Å². The van der Waals surface area contributed by atoms with Crippen molar-refractivity contribution in [3.05, 3.63) is 236 Å². The molecule has 276 valence electrons. The van der Waals surface area contributed by atoms with Crippen molar-refractivity contribution in [1.82, 2.24) is 0 Å². The van der Waals surface area contributed by atoms with Crippen molar-refractivity contribution >= 4 is 17.1 Å². The molecule has 0 amide bonds. The number of hydrogen-bond acceptors (Lipinski definition) is 1. The van der Waals surface area contributed by atoms with Crippen LogP contribution in [0.2, 0.25) is 0 Å². The zero-order valence-corrected chi connectivity index (χ0v) is 32.8. The summed E-state index contributed by atoms with van der Waals surface area (Å²) in [5.74, 6) is 0. The van der Waals surface area contributed by atoms with Gasteiger partial charge < -0.3 is 4.90 Å². The van der Waals surface area contributed by atoms with Gasteiger partial charge >= 0.3 is 0 Å². The molecule has 1 heteroatoms. The molecule has 58 heavy (non-hydrogen) atoms. The van der Waals surface area contributed by atoms with Crippen molar-refractivity contribution in [2.24, 2.45) is 0 Å². The smallest absolute Gasteiger partial charge is 0.0540 e. The van der Waals surface area contributed by atoms with Gasteiger partial charge in [0, 0.05) is 22.4 Å². The third kappa shape index (κ3) is 6.41. The van der Waals surface area contributed by atoms with E-state index in [1.807, 2.05) is 0 Å². The van der Waals surface area contributed by atoms with Gasteiger partial charge in [0.25, 0.3) is 0 Å². The lowest BCUT2D eigenvalue weighted by molar-refractivity contribution is 0.660. The Morgan fingerprint density at radius 2 is 0.741 bits per heavy atom. The molecule has 9 aromatic carbocycles. The Labute approximate surface area is 342 Å². The van der Waals surface area contributed by atoms with Crippen LogP contribution in [0.15, 0.2) is 224 Å². The fraction of sp³-hybridized carbons (Fsp3) is 0.0526. The predicted octanol–water partition coefficient (Wildman–Crippen LogP) is 15.8. The molecule has 0 atom stereocenters. The second-order valence-electron chi connectivity index (χ2n) is 15.8. The van der Waals surface area contributed by atoms with Crippen LogP contribution in [0, 0.1) is 0 Å². The van der Waals surface area contributed by atoms with E-state index in [0.717, 1.165) is 17.1 Å². The maximum absolute atomic E-state index is 2.42. The van der Waals surface area contributed by atoms with E-state index < -0.39 is 0 Å². The number of nitrogens with zero attached hydrogens (tertiary/aromatic N) is 1. The minimum absolute atomic E-state index is 0.0471. The summed E-state index contributed by atoms with van der Waals surface area (Å²) in [6.07, 6.45) is 0. The molecule has 0 radical (unpaired) electrons. The van der Waals surface area contributed by atoms with Gasteiger partial charge in [-0.05, 0) is 121 Å². The Bertz CT molecular complexity index is 2890. The molecule has 0 heterocycles. The molecule has 10 rings (SSSR count). The lowest BCUT2D eigenvalue weighted by Crippen LogP contribution is -2.14. The molecular weight excluding hydrogens is 699 g/mol. The normalized spacial score (nSPS) is 12.4. The minimum Gasteiger partial charge on any atom is -0.310 e. The molecule has 1 aliphatic carbocycles. The van der Waals surface area contributed by atoms with Crippen LogP contribution < -0.4 is 4.90 Å². The lowest BCUT2D eigenvalue weighted by Gasteiger charge is -2.29. The van der Waals surface area contributed by atoms with Gasteiger partial charge in [0.2, 0.25) is 0 Å². The first kappa shape index (κ1) is 35.2. The molecule has 0 saturated carbocycles. The zero-order valence-electron chi connectivity index (χ0n) is 32.8. The Morgan fingerprint density at radius 3 is 1.43 bits per heavy atom. The van der Waals surface area contributed by atoms with Crippen LogP contribution >= 0.6 is 0 Å². The van der Waals surface area contributed by atoms with E-state index in [2.05, 4.69) is 243 Å². The Balaban J connectivity index is 1.09. The van der Waals surface area contributed by atoms with Gasteiger partial charge in [-0.1, -0.05) is 190 Å². The van der Waals surface area contributed by atoms with Gasteiger partial charge in [-0.15, -0.1) is 0 Å². The molecule has 9 aromatic rings. The summed E-state index contributed by atoms with van der Waals surface area (Å²) in [6.45, 7) is 4.70. The van der Waals surface area contributed by atoms with Crippen molar-refractivity contribution in [3.63, 3.8) is 0 Å². The minimum atomic E-state index is -0.0471. The molecule has 0 fully saturated rings. The fourth-order valence-corrected chi connectivity index (χ4v) is 8.84. The number of fused-ring (bicyclic) bond motifs is 3. The van der Waals surface area contributed by atoms with E-state index in [0.29, 0.717) is 0 Å². The van der Waals surface area contributed by atoms with Crippen molar-refractivity contribution in [2.75, 3.05) is 4.90 Å². The largest absolute Gasteiger partial charge is 0.310 e. The number of hydrogen-bond donors (Lipinski definition) is 0. The first-order valence-electron chi connectivity index (χ1n) is 20.2. The maximum Gasteiger partial charge on any atom is 0.0540 e. The first-order chi connectivity index (χ1) is 28.5. The first-order valence-corrected chi connectivity index (χ1v) is 20.2. The van der Waals surface area contributed by atoms with Gasteiger partial charge in [0.1, 0.15) is 0 Å². The Morgan fingerprint density at radius 1 is 0.276 bits per heavy atom. The highest BCUT2D eigenvalue weighted by molar-refractivity contribution is 5.92. The van der Waals surface area contributed by atoms with Gasteiger partial charge in [0.05, 0.1) is 5.69 Å². The van der Waals surface area contributed by atoms with Crippen LogP contribution in [0.5, 0.6) is 0 Å². The quantitative estimate of drug-likeness (QED) is 0.150.